The summed E-state index contributed by atoms with van der Waals surface area (Å²) in [5.74, 6) is 0. The summed E-state index contributed by atoms with van der Waals surface area (Å²) >= 11 is 1.58. The lowest BCUT2D eigenvalue weighted by atomic mass is 10.1. The maximum Gasteiger partial charge on any atom is 0.319 e. The molecule has 0 aliphatic rings. The van der Waals surface area contributed by atoms with Gasteiger partial charge in [0.2, 0.25) is 0 Å². The van der Waals surface area contributed by atoms with Crippen LogP contribution < -0.4 is 10.6 Å². The molecule has 2 N–H and O–H groups in total. The lowest BCUT2D eigenvalue weighted by Crippen LogP contribution is -2.34. The fraction of sp³-hybridized carbons (Fsp3) is 0.200. The van der Waals surface area contributed by atoms with Gasteiger partial charge in [0.05, 0.1) is 11.4 Å². The van der Waals surface area contributed by atoms with Crippen molar-refractivity contribution < 1.29 is 4.79 Å². The minimum atomic E-state index is -0.210. The molecule has 0 unspecified atom stereocenters. The van der Waals surface area contributed by atoms with E-state index in [4.69, 9.17) is 0 Å². The second kappa shape index (κ2) is 5.57. The van der Waals surface area contributed by atoms with Crippen LogP contribution in [0.2, 0.25) is 0 Å². The van der Waals surface area contributed by atoms with E-state index in [0.717, 1.165) is 21.9 Å². The SMILES string of the molecule is CC(C)NC(=O)Nc1ccccc1-c1cn2ccsc2n1. The van der Waals surface area contributed by atoms with Crippen molar-refractivity contribution in [3.63, 3.8) is 0 Å². The molecule has 0 aliphatic heterocycles. The number of amides is 2. The number of nitrogens with zero attached hydrogens (tertiary/aromatic N) is 2. The van der Waals surface area contributed by atoms with E-state index < -0.39 is 0 Å². The Hall–Kier alpha value is -2.34. The first kappa shape index (κ1) is 13.6. The van der Waals surface area contributed by atoms with Crippen LogP contribution in [0, 0.1) is 0 Å². The Morgan fingerprint density at radius 3 is 2.90 bits per heavy atom. The van der Waals surface area contributed by atoms with Crippen molar-refractivity contribution in [2.24, 2.45) is 0 Å². The molecular formula is C15H16N4OS. The molecule has 2 heterocycles. The summed E-state index contributed by atoms with van der Waals surface area (Å²) < 4.78 is 1.98. The molecule has 0 spiro atoms. The average molecular weight is 300 g/mol. The minimum absolute atomic E-state index is 0.0927. The highest BCUT2D eigenvalue weighted by molar-refractivity contribution is 7.15. The number of imidazole rings is 1. The van der Waals surface area contributed by atoms with Crippen molar-refractivity contribution in [1.29, 1.82) is 0 Å². The lowest BCUT2D eigenvalue weighted by molar-refractivity contribution is 0.250. The van der Waals surface area contributed by atoms with E-state index in [0.29, 0.717) is 0 Å². The largest absolute Gasteiger partial charge is 0.336 e. The van der Waals surface area contributed by atoms with E-state index in [1.165, 1.54) is 0 Å². The first-order chi connectivity index (χ1) is 10.1. The molecule has 0 radical (unpaired) electrons. The van der Waals surface area contributed by atoms with Crippen molar-refractivity contribution in [3.8, 4) is 11.3 Å². The van der Waals surface area contributed by atoms with Gasteiger partial charge in [0.1, 0.15) is 0 Å². The number of benzene rings is 1. The van der Waals surface area contributed by atoms with Crippen LogP contribution >= 0.6 is 11.3 Å². The van der Waals surface area contributed by atoms with E-state index in [9.17, 15) is 4.79 Å². The summed E-state index contributed by atoms with van der Waals surface area (Å²) in [4.78, 5) is 17.4. The van der Waals surface area contributed by atoms with Crippen LogP contribution in [0.3, 0.4) is 0 Å². The molecule has 0 saturated heterocycles. The number of fused-ring (bicyclic) bond motifs is 1. The highest BCUT2D eigenvalue weighted by Gasteiger charge is 2.12. The van der Waals surface area contributed by atoms with Gasteiger partial charge in [-0.15, -0.1) is 11.3 Å². The third kappa shape index (κ3) is 2.90. The zero-order chi connectivity index (χ0) is 14.8. The number of carbonyl (C=O) groups excluding carboxylic acids is 1. The first-order valence-corrected chi connectivity index (χ1v) is 7.60. The van der Waals surface area contributed by atoms with Gasteiger partial charge in [0.15, 0.2) is 4.96 Å². The van der Waals surface area contributed by atoms with Gasteiger partial charge >= 0.3 is 6.03 Å². The molecule has 3 aromatic rings. The molecule has 0 atom stereocenters. The van der Waals surface area contributed by atoms with Crippen LogP contribution in [0.1, 0.15) is 13.8 Å². The van der Waals surface area contributed by atoms with E-state index in [1.807, 2.05) is 60.3 Å². The highest BCUT2D eigenvalue weighted by Crippen LogP contribution is 2.28. The van der Waals surface area contributed by atoms with E-state index >= 15 is 0 Å². The number of thiazole rings is 1. The summed E-state index contributed by atoms with van der Waals surface area (Å²) in [6.45, 7) is 3.85. The molecule has 0 saturated carbocycles. The maximum atomic E-state index is 11.9. The molecule has 108 valence electrons. The number of hydrogen-bond acceptors (Lipinski definition) is 3. The number of rotatable bonds is 3. The number of nitrogens with one attached hydrogen (secondary N) is 2. The van der Waals surface area contributed by atoms with E-state index in [2.05, 4.69) is 15.6 Å². The molecule has 0 aliphatic carbocycles. The third-order valence-electron chi connectivity index (χ3n) is 2.96. The Balaban J connectivity index is 1.92. The molecule has 21 heavy (non-hydrogen) atoms. The number of carbonyl (C=O) groups is 1. The molecule has 5 nitrogen and oxygen atoms in total. The summed E-state index contributed by atoms with van der Waals surface area (Å²) in [7, 11) is 0. The average Bonchev–Trinajstić information content (AvgIpc) is 2.98. The van der Waals surface area contributed by atoms with Gasteiger partial charge in [0, 0.05) is 29.4 Å². The zero-order valence-electron chi connectivity index (χ0n) is 11.8. The molecule has 3 rings (SSSR count). The molecule has 0 bridgehead atoms. The van der Waals surface area contributed by atoms with Gasteiger partial charge in [-0.3, -0.25) is 4.40 Å². The normalized spacial score (nSPS) is 11.0. The van der Waals surface area contributed by atoms with Gasteiger partial charge in [0.25, 0.3) is 0 Å². The monoisotopic (exact) mass is 300 g/mol. The third-order valence-corrected chi connectivity index (χ3v) is 3.73. The van der Waals surface area contributed by atoms with Crippen LogP contribution in [0.5, 0.6) is 0 Å². The number of urea groups is 1. The maximum absolute atomic E-state index is 11.9. The van der Waals surface area contributed by atoms with Gasteiger partial charge in [-0.25, -0.2) is 9.78 Å². The standard InChI is InChI=1S/C15H16N4OS/c1-10(2)16-14(20)17-12-6-4-3-5-11(12)13-9-19-7-8-21-15(19)18-13/h3-10H,1-2H3,(H2,16,17,20). The van der Waals surface area contributed by atoms with Gasteiger partial charge in [-0.2, -0.15) is 0 Å². The first-order valence-electron chi connectivity index (χ1n) is 6.72. The van der Waals surface area contributed by atoms with Crippen LogP contribution in [-0.4, -0.2) is 21.5 Å². The Labute approximate surface area is 126 Å². The van der Waals surface area contributed by atoms with E-state index in [1.54, 1.807) is 11.3 Å². The lowest BCUT2D eigenvalue weighted by Gasteiger charge is -2.12. The fourth-order valence-electron chi connectivity index (χ4n) is 2.09. The Bertz CT molecular complexity index is 746. The summed E-state index contributed by atoms with van der Waals surface area (Å²) in [6, 6.07) is 7.55. The highest BCUT2D eigenvalue weighted by atomic mass is 32.1. The van der Waals surface area contributed by atoms with Gasteiger partial charge in [-0.05, 0) is 19.9 Å². The second-order valence-electron chi connectivity index (χ2n) is 5.02. The topological polar surface area (TPSA) is 58.4 Å². The Morgan fingerprint density at radius 1 is 1.33 bits per heavy atom. The summed E-state index contributed by atoms with van der Waals surface area (Å²) in [5.41, 5.74) is 2.51. The number of hydrogen-bond donors (Lipinski definition) is 2. The number of aromatic nitrogens is 2. The minimum Gasteiger partial charge on any atom is -0.336 e. The number of para-hydroxylation sites is 1. The Kier molecular flexibility index (Phi) is 3.62. The van der Waals surface area contributed by atoms with Crippen molar-refractivity contribution in [1.82, 2.24) is 14.7 Å². The molecule has 0 fully saturated rings. The summed E-state index contributed by atoms with van der Waals surface area (Å²) in [5, 5.41) is 7.69. The van der Waals surface area contributed by atoms with Crippen LogP contribution in [0.4, 0.5) is 10.5 Å². The second-order valence-corrected chi connectivity index (χ2v) is 5.89. The van der Waals surface area contributed by atoms with Crippen LogP contribution in [0.25, 0.3) is 16.2 Å². The van der Waals surface area contributed by atoms with Crippen molar-refractivity contribution in [2.45, 2.75) is 19.9 Å². The fourth-order valence-corrected chi connectivity index (χ4v) is 2.79. The Morgan fingerprint density at radius 2 is 2.14 bits per heavy atom. The van der Waals surface area contributed by atoms with Gasteiger partial charge in [-0.1, -0.05) is 18.2 Å². The van der Waals surface area contributed by atoms with Crippen molar-refractivity contribution in [3.05, 3.63) is 42.0 Å². The zero-order valence-corrected chi connectivity index (χ0v) is 12.6. The molecule has 6 heteroatoms. The molecular weight excluding hydrogens is 284 g/mol. The smallest absolute Gasteiger partial charge is 0.319 e. The van der Waals surface area contributed by atoms with Crippen LogP contribution in [-0.2, 0) is 0 Å². The van der Waals surface area contributed by atoms with Crippen molar-refractivity contribution >= 4 is 28.0 Å². The van der Waals surface area contributed by atoms with Crippen molar-refractivity contribution in [2.75, 3.05) is 5.32 Å². The quantitative estimate of drug-likeness (QED) is 0.776. The number of anilines is 1. The van der Waals surface area contributed by atoms with Crippen LogP contribution in [0.15, 0.2) is 42.0 Å². The summed E-state index contributed by atoms with van der Waals surface area (Å²) in [6.07, 6.45) is 3.94. The molecule has 2 aromatic heterocycles. The van der Waals surface area contributed by atoms with Gasteiger partial charge < -0.3 is 10.6 Å². The molecule has 2 amide bonds. The molecule has 1 aromatic carbocycles. The predicted molar refractivity (Wildman–Crippen MR) is 85.8 cm³/mol. The van der Waals surface area contributed by atoms with E-state index in [-0.39, 0.29) is 12.1 Å². The predicted octanol–water partition coefficient (Wildman–Crippen LogP) is 3.59.